The van der Waals surface area contributed by atoms with Crippen molar-refractivity contribution in [3.05, 3.63) is 22.8 Å². The van der Waals surface area contributed by atoms with Crippen molar-refractivity contribution in [2.24, 2.45) is 5.90 Å². The molecule has 1 rings (SSSR count). The first-order chi connectivity index (χ1) is 7.15. The minimum atomic E-state index is 0.373. The maximum absolute atomic E-state index is 5.29. The third-order valence-electron chi connectivity index (χ3n) is 2.49. The van der Waals surface area contributed by atoms with Crippen molar-refractivity contribution in [2.45, 2.75) is 20.5 Å². The zero-order valence-electron chi connectivity index (χ0n) is 9.59. The second-order valence-electron chi connectivity index (χ2n) is 3.34. The van der Waals surface area contributed by atoms with Gasteiger partial charge in [-0.1, -0.05) is 0 Å². The van der Waals surface area contributed by atoms with Crippen LogP contribution in [0, 0.1) is 13.8 Å². The normalized spacial score (nSPS) is 10.2. The van der Waals surface area contributed by atoms with Crippen LogP contribution in [-0.2, 0) is 11.4 Å². The lowest BCUT2D eigenvalue weighted by atomic mass is 10.0. The Labute approximate surface area is 89.9 Å². The maximum Gasteiger partial charge on any atom is 0.163 e. The van der Waals surface area contributed by atoms with Gasteiger partial charge in [-0.2, -0.15) is 0 Å². The molecule has 4 nitrogen and oxygen atoms in total. The molecule has 0 aliphatic rings. The molecule has 0 aliphatic heterocycles. The SMILES string of the molecule is COc1cc(C)c(CON)c(C)c1OC. The molecule has 84 valence electrons. The van der Waals surface area contributed by atoms with E-state index in [0.717, 1.165) is 28.2 Å². The fourth-order valence-electron chi connectivity index (χ4n) is 1.68. The standard InChI is InChI=1S/C11H17NO3/c1-7-5-10(13-3)11(14-4)8(2)9(7)6-15-12/h5H,6,12H2,1-4H3. The van der Waals surface area contributed by atoms with Crippen LogP contribution in [0.15, 0.2) is 6.07 Å². The van der Waals surface area contributed by atoms with Crippen LogP contribution in [0.1, 0.15) is 16.7 Å². The van der Waals surface area contributed by atoms with Gasteiger partial charge in [-0.15, -0.1) is 0 Å². The number of aryl methyl sites for hydroxylation is 1. The van der Waals surface area contributed by atoms with Crippen LogP contribution in [0.4, 0.5) is 0 Å². The molecule has 2 N–H and O–H groups in total. The van der Waals surface area contributed by atoms with Crippen LogP contribution in [-0.4, -0.2) is 14.2 Å². The Bertz CT molecular complexity index is 350. The summed E-state index contributed by atoms with van der Waals surface area (Å²) < 4.78 is 10.5. The van der Waals surface area contributed by atoms with Crippen LogP contribution in [0.3, 0.4) is 0 Å². The average Bonchev–Trinajstić information content (AvgIpc) is 2.23. The molecule has 0 radical (unpaired) electrons. The van der Waals surface area contributed by atoms with Gasteiger partial charge in [0.1, 0.15) is 0 Å². The van der Waals surface area contributed by atoms with E-state index in [1.165, 1.54) is 0 Å². The van der Waals surface area contributed by atoms with Crippen LogP contribution < -0.4 is 15.4 Å². The molecule has 1 aromatic rings. The quantitative estimate of drug-likeness (QED) is 0.770. The van der Waals surface area contributed by atoms with E-state index in [1.807, 2.05) is 19.9 Å². The van der Waals surface area contributed by atoms with E-state index >= 15 is 0 Å². The van der Waals surface area contributed by atoms with Crippen molar-refractivity contribution in [3.8, 4) is 11.5 Å². The highest BCUT2D eigenvalue weighted by atomic mass is 16.6. The van der Waals surface area contributed by atoms with Gasteiger partial charge in [0.05, 0.1) is 20.8 Å². The predicted octanol–water partition coefficient (Wildman–Crippen LogP) is 1.71. The maximum atomic E-state index is 5.29. The van der Waals surface area contributed by atoms with E-state index in [0.29, 0.717) is 6.61 Å². The Hall–Kier alpha value is -1.26. The van der Waals surface area contributed by atoms with Crippen molar-refractivity contribution >= 4 is 0 Å². The van der Waals surface area contributed by atoms with Gasteiger partial charge in [0.2, 0.25) is 0 Å². The van der Waals surface area contributed by atoms with Gasteiger partial charge in [0.15, 0.2) is 11.5 Å². The van der Waals surface area contributed by atoms with Crippen molar-refractivity contribution in [2.75, 3.05) is 14.2 Å². The Morgan fingerprint density at radius 2 is 1.87 bits per heavy atom. The van der Waals surface area contributed by atoms with E-state index in [-0.39, 0.29) is 0 Å². The van der Waals surface area contributed by atoms with E-state index in [2.05, 4.69) is 4.84 Å². The lowest BCUT2D eigenvalue weighted by Crippen LogP contribution is -2.05. The van der Waals surface area contributed by atoms with Crippen LogP contribution in [0.5, 0.6) is 11.5 Å². The number of rotatable bonds is 4. The van der Waals surface area contributed by atoms with E-state index in [1.54, 1.807) is 14.2 Å². The average molecular weight is 211 g/mol. The highest BCUT2D eigenvalue weighted by molar-refractivity contribution is 5.53. The molecule has 0 bridgehead atoms. The number of ether oxygens (including phenoxy) is 2. The summed E-state index contributed by atoms with van der Waals surface area (Å²) in [6.45, 7) is 4.32. The predicted molar refractivity (Wildman–Crippen MR) is 58.0 cm³/mol. The van der Waals surface area contributed by atoms with Crippen LogP contribution >= 0.6 is 0 Å². The summed E-state index contributed by atoms with van der Waals surface area (Å²) in [5.41, 5.74) is 3.12. The summed E-state index contributed by atoms with van der Waals surface area (Å²) in [7, 11) is 3.24. The fraction of sp³-hybridized carbons (Fsp3) is 0.455. The zero-order valence-corrected chi connectivity index (χ0v) is 9.59. The second kappa shape index (κ2) is 5.00. The fourth-order valence-corrected chi connectivity index (χ4v) is 1.68. The largest absolute Gasteiger partial charge is 0.493 e. The van der Waals surface area contributed by atoms with Gasteiger partial charge < -0.3 is 9.47 Å². The monoisotopic (exact) mass is 211 g/mol. The Morgan fingerprint density at radius 1 is 1.20 bits per heavy atom. The van der Waals surface area contributed by atoms with Crippen LogP contribution in [0.2, 0.25) is 0 Å². The van der Waals surface area contributed by atoms with Gasteiger partial charge in [0, 0.05) is 5.56 Å². The number of nitrogens with two attached hydrogens (primary N) is 1. The summed E-state index contributed by atoms with van der Waals surface area (Å²) in [6.07, 6.45) is 0. The molecule has 1 aromatic carbocycles. The summed E-state index contributed by atoms with van der Waals surface area (Å²) >= 11 is 0. The second-order valence-corrected chi connectivity index (χ2v) is 3.34. The van der Waals surface area contributed by atoms with Gasteiger partial charge >= 0.3 is 0 Å². The van der Waals surface area contributed by atoms with Crippen molar-refractivity contribution in [3.63, 3.8) is 0 Å². The third kappa shape index (κ3) is 2.22. The van der Waals surface area contributed by atoms with E-state index < -0.39 is 0 Å². The highest BCUT2D eigenvalue weighted by Crippen LogP contribution is 2.35. The lowest BCUT2D eigenvalue weighted by Gasteiger charge is -2.16. The first kappa shape index (κ1) is 11.8. The number of benzene rings is 1. The first-order valence-corrected chi connectivity index (χ1v) is 4.68. The topological polar surface area (TPSA) is 53.7 Å². The molecule has 0 atom stereocenters. The van der Waals surface area contributed by atoms with E-state index in [9.17, 15) is 0 Å². The zero-order chi connectivity index (χ0) is 11.4. The minimum Gasteiger partial charge on any atom is -0.493 e. The Balaban J connectivity index is 3.31. The summed E-state index contributed by atoms with van der Waals surface area (Å²) in [6, 6.07) is 1.92. The first-order valence-electron chi connectivity index (χ1n) is 4.68. The molecule has 0 amide bonds. The smallest absolute Gasteiger partial charge is 0.163 e. The van der Waals surface area contributed by atoms with Gasteiger partial charge in [-0.25, -0.2) is 5.90 Å². The lowest BCUT2D eigenvalue weighted by molar-refractivity contribution is 0.123. The number of hydrogen-bond acceptors (Lipinski definition) is 4. The molecule has 15 heavy (non-hydrogen) atoms. The molecule has 0 aromatic heterocycles. The summed E-state index contributed by atoms with van der Waals surface area (Å²) in [5.74, 6) is 6.55. The van der Waals surface area contributed by atoms with Gasteiger partial charge in [-0.05, 0) is 31.0 Å². The molecule has 0 saturated heterocycles. The molecule has 0 spiro atoms. The highest BCUT2D eigenvalue weighted by Gasteiger charge is 2.14. The van der Waals surface area contributed by atoms with E-state index in [4.69, 9.17) is 15.4 Å². The molecule has 0 aliphatic carbocycles. The summed E-state index contributed by atoms with van der Waals surface area (Å²) in [5, 5.41) is 0. The Morgan fingerprint density at radius 3 is 2.33 bits per heavy atom. The van der Waals surface area contributed by atoms with Crippen molar-refractivity contribution in [1.82, 2.24) is 0 Å². The molecular formula is C11H17NO3. The minimum absolute atomic E-state index is 0.373. The molecule has 4 heteroatoms. The molecular weight excluding hydrogens is 194 g/mol. The van der Waals surface area contributed by atoms with Gasteiger partial charge in [0.25, 0.3) is 0 Å². The molecule has 0 unspecified atom stereocenters. The molecule has 0 fully saturated rings. The van der Waals surface area contributed by atoms with Crippen LogP contribution in [0.25, 0.3) is 0 Å². The molecule has 0 heterocycles. The Kier molecular flexibility index (Phi) is 3.94. The number of hydrogen-bond donors (Lipinski definition) is 1. The van der Waals surface area contributed by atoms with Crippen molar-refractivity contribution in [1.29, 1.82) is 0 Å². The van der Waals surface area contributed by atoms with Gasteiger partial charge in [-0.3, -0.25) is 4.84 Å². The van der Waals surface area contributed by atoms with Crippen molar-refractivity contribution < 1.29 is 14.3 Å². The third-order valence-corrected chi connectivity index (χ3v) is 2.49. The number of methoxy groups -OCH3 is 2. The molecule has 0 saturated carbocycles. The summed E-state index contributed by atoms with van der Waals surface area (Å²) in [4.78, 5) is 4.67.